The van der Waals surface area contributed by atoms with E-state index < -0.39 is 10.5 Å². The first-order chi connectivity index (χ1) is 10.7. The van der Waals surface area contributed by atoms with Gasteiger partial charge in [-0.1, -0.05) is 54.7 Å². The van der Waals surface area contributed by atoms with Gasteiger partial charge in [-0.25, -0.2) is 0 Å². The average molecular weight is 329 g/mol. The number of carbonyl (C=O) groups is 1. The first-order valence-electron chi connectivity index (χ1n) is 6.79. The van der Waals surface area contributed by atoms with E-state index in [1.54, 1.807) is 7.11 Å². The Morgan fingerprint density at radius 3 is 2.45 bits per heavy atom. The first kappa shape index (κ1) is 14.9. The van der Waals surface area contributed by atoms with Gasteiger partial charge in [-0.05, 0) is 28.6 Å². The summed E-state index contributed by atoms with van der Waals surface area (Å²) in [5, 5.41) is 4.62. The summed E-state index contributed by atoms with van der Waals surface area (Å²) in [6.07, 6.45) is 0. The third-order valence-electron chi connectivity index (χ3n) is 3.41. The quantitative estimate of drug-likeness (QED) is 0.879. The van der Waals surface area contributed by atoms with Crippen LogP contribution in [0, 0.1) is 0 Å². The van der Waals surface area contributed by atoms with Gasteiger partial charge in [-0.15, -0.1) is 10.5 Å². The van der Waals surface area contributed by atoms with E-state index >= 15 is 0 Å². The minimum Gasteiger partial charge on any atom is -0.497 e. The maximum Gasteiger partial charge on any atom is 0.242 e. The van der Waals surface area contributed by atoms with Gasteiger partial charge in [0.2, 0.25) is 5.91 Å². The molecule has 0 saturated carbocycles. The number of ether oxygens (including phenoxy) is 1. The van der Waals surface area contributed by atoms with E-state index in [0.29, 0.717) is 4.32 Å². The van der Waals surface area contributed by atoms with E-state index in [1.807, 2.05) is 54.6 Å². The Morgan fingerprint density at radius 1 is 1.14 bits per heavy atom. The Morgan fingerprint density at radius 2 is 1.82 bits per heavy atom. The minimum absolute atomic E-state index is 0.0364. The van der Waals surface area contributed by atoms with E-state index in [1.165, 1.54) is 0 Å². The standard InChI is InChI=1S/C17H15NO2S2/c1-20-14-9-7-13(8-10-14)15-16(19)18-17(21)22(15)11-12-5-3-2-4-6-12/h2-11,15H,1H3,(H,18,19,21). The van der Waals surface area contributed by atoms with E-state index in [0.717, 1.165) is 16.9 Å². The van der Waals surface area contributed by atoms with Crippen molar-refractivity contribution < 1.29 is 9.53 Å². The molecule has 0 bridgehead atoms. The molecule has 1 saturated heterocycles. The maximum atomic E-state index is 12.3. The fourth-order valence-electron chi connectivity index (χ4n) is 2.32. The summed E-state index contributed by atoms with van der Waals surface area (Å²) >= 11 is 5.37. The van der Waals surface area contributed by atoms with E-state index in [-0.39, 0.29) is 11.2 Å². The molecule has 0 radical (unpaired) electrons. The van der Waals surface area contributed by atoms with Gasteiger partial charge in [-0.3, -0.25) is 4.79 Å². The van der Waals surface area contributed by atoms with Crippen LogP contribution < -0.4 is 10.1 Å². The molecule has 3 nitrogen and oxygen atoms in total. The first-order valence-corrected chi connectivity index (χ1v) is 8.55. The molecule has 2 unspecified atom stereocenters. The lowest BCUT2D eigenvalue weighted by atomic mass is 10.1. The molecule has 0 aromatic heterocycles. The zero-order chi connectivity index (χ0) is 15.5. The molecule has 2 aromatic rings. The SMILES string of the molecule is COc1ccc(C2C(=O)NC(=S)S2=Cc2ccccc2)cc1. The molecule has 2 atom stereocenters. The van der Waals surface area contributed by atoms with Gasteiger partial charge in [0.15, 0.2) is 0 Å². The van der Waals surface area contributed by atoms with Crippen molar-refractivity contribution in [1.82, 2.24) is 5.32 Å². The van der Waals surface area contributed by atoms with Gasteiger partial charge < -0.3 is 10.1 Å². The highest BCUT2D eigenvalue weighted by atomic mass is 32.2. The fourth-order valence-corrected chi connectivity index (χ4v) is 4.72. The number of carbonyl (C=O) groups excluding carboxylic acids is 1. The van der Waals surface area contributed by atoms with Gasteiger partial charge in [-0.2, -0.15) is 0 Å². The number of nitrogens with one attached hydrogen (secondary N) is 1. The van der Waals surface area contributed by atoms with Crippen molar-refractivity contribution >= 4 is 38.3 Å². The summed E-state index contributed by atoms with van der Waals surface area (Å²) in [5.74, 6) is 0.738. The zero-order valence-corrected chi connectivity index (χ0v) is 13.6. The molecular weight excluding hydrogens is 314 g/mol. The number of rotatable bonds is 3. The van der Waals surface area contributed by atoms with E-state index in [9.17, 15) is 4.79 Å². The molecule has 3 rings (SSSR count). The summed E-state index contributed by atoms with van der Waals surface area (Å²) in [5.41, 5.74) is 2.02. The van der Waals surface area contributed by atoms with E-state index in [2.05, 4.69) is 10.7 Å². The van der Waals surface area contributed by atoms with E-state index in [4.69, 9.17) is 17.0 Å². The van der Waals surface area contributed by atoms with Crippen LogP contribution in [0.4, 0.5) is 0 Å². The van der Waals surface area contributed by atoms with Gasteiger partial charge in [0.05, 0.1) is 7.11 Å². The van der Waals surface area contributed by atoms with Crippen molar-refractivity contribution in [3.63, 3.8) is 0 Å². The van der Waals surface area contributed by atoms with Crippen LogP contribution in [0.3, 0.4) is 0 Å². The third-order valence-corrected chi connectivity index (χ3v) is 6.14. The third kappa shape index (κ3) is 2.96. The second kappa shape index (κ2) is 6.42. The molecule has 1 heterocycles. The summed E-state index contributed by atoms with van der Waals surface area (Å²) in [6, 6.07) is 17.6. The van der Waals surface area contributed by atoms with Crippen molar-refractivity contribution in [2.24, 2.45) is 0 Å². The topological polar surface area (TPSA) is 38.3 Å². The number of hydrogen-bond donors (Lipinski definition) is 1. The molecule has 5 heteroatoms. The lowest BCUT2D eigenvalue weighted by molar-refractivity contribution is -0.118. The monoisotopic (exact) mass is 329 g/mol. The lowest BCUT2D eigenvalue weighted by Gasteiger charge is -2.11. The Balaban J connectivity index is 2.01. The van der Waals surface area contributed by atoms with Crippen molar-refractivity contribution in [3.05, 3.63) is 65.7 Å². The highest BCUT2D eigenvalue weighted by Crippen LogP contribution is 2.41. The molecule has 0 spiro atoms. The molecule has 22 heavy (non-hydrogen) atoms. The predicted octanol–water partition coefficient (Wildman–Crippen LogP) is 3.27. The van der Waals surface area contributed by atoms with Crippen LogP contribution in [0.25, 0.3) is 0 Å². The number of amides is 1. The summed E-state index contributed by atoms with van der Waals surface area (Å²) in [6.45, 7) is 0. The smallest absolute Gasteiger partial charge is 0.242 e. The Bertz CT molecular complexity index is 739. The summed E-state index contributed by atoms with van der Waals surface area (Å²) < 4.78 is 5.78. The second-order valence-corrected chi connectivity index (χ2v) is 7.36. The highest BCUT2D eigenvalue weighted by molar-refractivity contribution is 8.35. The van der Waals surface area contributed by atoms with Gasteiger partial charge >= 0.3 is 0 Å². The molecule has 1 aliphatic rings. The largest absolute Gasteiger partial charge is 0.497 e. The van der Waals surface area contributed by atoms with Crippen molar-refractivity contribution in [1.29, 1.82) is 0 Å². The van der Waals surface area contributed by atoms with Crippen LogP contribution in [-0.4, -0.2) is 22.7 Å². The zero-order valence-electron chi connectivity index (χ0n) is 12.0. The molecule has 1 aliphatic heterocycles. The van der Waals surface area contributed by atoms with Crippen molar-refractivity contribution in [2.75, 3.05) is 7.11 Å². The molecular formula is C17H15NO2S2. The lowest BCUT2D eigenvalue weighted by Crippen LogP contribution is -2.20. The molecule has 2 aromatic carbocycles. The Hall–Kier alpha value is -1.98. The molecule has 112 valence electrons. The van der Waals surface area contributed by atoms with Crippen LogP contribution in [0.1, 0.15) is 16.4 Å². The van der Waals surface area contributed by atoms with Crippen LogP contribution in [0.15, 0.2) is 54.6 Å². The maximum absolute atomic E-state index is 12.3. The Labute approximate surface area is 137 Å². The van der Waals surface area contributed by atoms with Crippen LogP contribution in [0.5, 0.6) is 5.75 Å². The summed E-state index contributed by atoms with van der Waals surface area (Å²) in [4.78, 5) is 12.3. The summed E-state index contributed by atoms with van der Waals surface area (Å²) in [7, 11) is 1.18. The van der Waals surface area contributed by atoms with Crippen molar-refractivity contribution in [3.8, 4) is 5.75 Å². The van der Waals surface area contributed by atoms with Crippen LogP contribution in [-0.2, 0) is 4.79 Å². The number of thiocarbonyl (C=S) groups is 1. The van der Waals surface area contributed by atoms with Gasteiger partial charge in [0.1, 0.15) is 15.3 Å². The number of hydrogen-bond acceptors (Lipinski definition) is 3. The molecule has 1 N–H and O–H groups in total. The highest BCUT2D eigenvalue weighted by Gasteiger charge is 2.33. The van der Waals surface area contributed by atoms with Gasteiger partial charge in [0, 0.05) is 0 Å². The second-order valence-electron chi connectivity index (χ2n) is 4.83. The fraction of sp³-hybridized carbons (Fsp3) is 0.118. The molecule has 1 fully saturated rings. The predicted molar refractivity (Wildman–Crippen MR) is 95.7 cm³/mol. The number of methoxy groups -OCH3 is 1. The average Bonchev–Trinajstić information content (AvgIpc) is 2.82. The Kier molecular flexibility index (Phi) is 4.36. The van der Waals surface area contributed by atoms with Gasteiger partial charge in [0.25, 0.3) is 0 Å². The molecule has 1 amide bonds. The normalized spacial score (nSPS) is 21.0. The van der Waals surface area contributed by atoms with Crippen molar-refractivity contribution in [2.45, 2.75) is 5.25 Å². The number of benzene rings is 2. The minimum atomic E-state index is -0.445. The van der Waals surface area contributed by atoms with Crippen LogP contribution in [0.2, 0.25) is 0 Å². The molecule has 0 aliphatic carbocycles. The van der Waals surface area contributed by atoms with Crippen LogP contribution >= 0.6 is 22.7 Å².